The normalized spacial score (nSPS) is 14.4. The van der Waals surface area contributed by atoms with Gasteiger partial charge in [-0.25, -0.2) is 4.68 Å². The van der Waals surface area contributed by atoms with E-state index in [0.717, 1.165) is 23.3 Å². The Kier molecular flexibility index (Phi) is 7.00. The van der Waals surface area contributed by atoms with E-state index in [9.17, 15) is 9.59 Å². The third kappa shape index (κ3) is 4.27. The number of carbonyl (C=O) groups excluding carboxylic acids is 2. The third-order valence-corrected chi connectivity index (χ3v) is 6.42. The number of hydrogen-bond donors (Lipinski definition) is 0. The number of ketones is 1. The number of ether oxygens (including phenoxy) is 1. The lowest BCUT2D eigenvalue weighted by Crippen LogP contribution is -2.26. The van der Waals surface area contributed by atoms with Crippen LogP contribution in [0.1, 0.15) is 66.7 Å². The van der Waals surface area contributed by atoms with Gasteiger partial charge in [-0.15, -0.1) is 11.8 Å². The first kappa shape index (κ1) is 22.8. The fourth-order valence-electron chi connectivity index (χ4n) is 3.81. The second-order valence-electron chi connectivity index (χ2n) is 7.65. The lowest BCUT2D eigenvalue weighted by atomic mass is 9.77. The average Bonchev–Trinajstić information content (AvgIpc) is 3.06. The first-order chi connectivity index (χ1) is 13.7. The zero-order valence-corrected chi connectivity index (χ0v) is 18.4. The van der Waals surface area contributed by atoms with Crippen LogP contribution in [-0.2, 0) is 16.8 Å². The number of aromatic nitrogens is 2. The van der Waals surface area contributed by atoms with E-state index in [1.807, 2.05) is 31.7 Å². The molecule has 29 heavy (non-hydrogen) atoms. The van der Waals surface area contributed by atoms with E-state index in [4.69, 9.17) is 14.7 Å². The number of aryl methyl sites for hydroxylation is 2. The summed E-state index contributed by atoms with van der Waals surface area (Å²) < 4.78 is 6.85. The Morgan fingerprint density at radius 2 is 1.90 bits per heavy atom. The summed E-state index contributed by atoms with van der Waals surface area (Å²) in [5.41, 5.74) is 4.41. The number of esters is 1. The summed E-state index contributed by atoms with van der Waals surface area (Å²) in [6, 6.07) is 1.96. The first-order valence-electron chi connectivity index (χ1n) is 9.40. The van der Waals surface area contributed by atoms with Gasteiger partial charge >= 0.3 is 5.97 Å². The molecule has 2 aromatic rings. The maximum absolute atomic E-state index is 13.4. The van der Waals surface area contributed by atoms with Crippen LogP contribution in [0.5, 0.6) is 5.88 Å². The smallest absolute Gasteiger partial charge is 0.309 e. The zero-order valence-electron chi connectivity index (χ0n) is 17.6. The summed E-state index contributed by atoms with van der Waals surface area (Å²) >= 11 is 1.87. The van der Waals surface area contributed by atoms with Crippen molar-refractivity contribution in [3.05, 3.63) is 50.0 Å². The summed E-state index contributed by atoms with van der Waals surface area (Å²) in [5, 5.41) is 4.22. The van der Waals surface area contributed by atoms with Crippen LogP contribution in [0.4, 0.5) is 0 Å². The summed E-state index contributed by atoms with van der Waals surface area (Å²) in [6.07, 6.45) is 2.58. The molecule has 0 amide bonds. The highest BCUT2D eigenvalue weighted by Crippen LogP contribution is 2.46. The van der Waals surface area contributed by atoms with Gasteiger partial charge in [0.1, 0.15) is 5.56 Å². The average molecular weight is 419 g/mol. The van der Waals surface area contributed by atoms with Gasteiger partial charge in [0.25, 0.3) is 0 Å². The van der Waals surface area contributed by atoms with Gasteiger partial charge in [-0.1, -0.05) is 13.8 Å². The van der Waals surface area contributed by atoms with Crippen molar-refractivity contribution in [3.63, 3.8) is 0 Å². The minimum Gasteiger partial charge on any atom is -0.407 e. The number of fused-ring (bicyclic) bond motifs is 1. The molecule has 0 spiro atoms. The van der Waals surface area contributed by atoms with Crippen molar-refractivity contribution in [2.24, 2.45) is 0 Å². The molecule has 2 heterocycles. The molecule has 156 valence electrons. The highest BCUT2D eigenvalue weighted by atomic mass is 32.2. The van der Waals surface area contributed by atoms with Gasteiger partial charge in [0.05, 0.1) is 6.20 Å². The summed E-state index contributed by atoms with van der Waals surface area (Å²) in [7, 11) is 0. The second-order valence-corrected chi connectivity index (χ2v) is 8.76. The molecular weight excluding hydrogens is 392 g/mol. The van der Waals surface area contributed by atoms with Gasteiger partial charge in [-0.05, 0) is 61.1 Å². The van der Waals surface area contributed by atoms with Crippen molar-refractivity contribution >= 4 is 23.5 Å². The van der Waals surface area contributed by atoms with E-state index >= 15 is 0 Å². The van der Waals surface area contributed by atoms with Crippen LogP contribution in [0.3, 0.4) is 0 Å². The molecule has 1 aliphatic rings. The maximum atomic E-state index is 13.4. The van der Waals surface area contributed by atoms with E-state index in [1.165, 1.54) is 28.3 Å². The van der Waals surface area contributed by atoms with Crippen molar-refractivity contribution in [2.45, 2.75) is 64.8 Å². The molecule has 1 aromatic carbocycles. The van der Waals surface area contributed by atoms with Crippen LogP contribution in [0.2, 0.25) is 0 Å². The standard InChI is InChI=1S/C21H26N2O3S.O2/c1-7-23-20(26-14(4)24)16(11-22-23)18(25)15-10-12(2)19-17(13(15)3)21(5,6)8-9-27-19;1-2/h10-11H,7-9H2,1-6H3;. The van der Waals surface area contributed by atoms with Gasteiger partial charge < -0.3 is 4.74 Å². The quantitative estimate of drug-likeness (QED) is 0.532. The molecule has 0 saturated carbocycles. The van der Waals surface area contributed by atoms with Crippen LogP contribution in [0, 0.1) is 23.8 Å². The Morgan fingerprint density at radius 1 is 1.24 bits per heavy atom. The number of rotatable bonds is 4. The summed E-state index contributed by atoms with van der Waals surface area (Å²) in [6.45, 7) is 12.3. The number of benzene rings is 1. The first-order valence-corrected chi connectivity index (χ1v) is 10.4. The third-order valence-electron chi connectivity index (χ3n) is 5.20. The SMILES string of the molecule is CCn1ncc(C(=O)c2cc(C)c3c(c2C)C(C)(C)CCS3)c1OC(C)=O.O=O. The van der Waals surface area contributed by atoms with E-state index in [1.54, 1.807) is 0 Å². The Morgan fingerprint density at radius 3 is 2.48 bits per heavy atom. The molecule has 0 aliphatic carbocycles. The zero-order chi connectivity index (χ0) is 21.9. The minimum atomic E-state index is -0.463. The van der Waals surface area contributed by atoms with E-state index in [2.05, 4.69) is 25.9 Å². The van der Waals surface area contributed by atoms with Gasteiger partial charge in [0, 0.05) is 33.9 Å². The summed E-state index contributed by atoms with van der Waals surface area (Å²) in [5.74, 6) is 0.697. The van der Waals surface area contributed by atoms with Gasteiger partial charge in [0.2, 0.25) is 5.88 Å². The van der Waals surface area contributed by atoms with Gasteiger partial charge in [-0.2, -0.15) is 5.10 Å². The molecule has 0 saturated heterocycles. The number of thioether (sulfide) groups is 1. The highest BCUT2D eigenvalue weighted by molar-refractivity contribution is 7.99. The molecule has 0 N–H and O–H groups in total. The lowest BCUT2D eigenvalue weighted by molar-refractivity contribution is -0.132. The molecule has 1 aromatic heterocycles. The summed E-state index contributed by atoms with van der Waals surface area (Å²) in [4.78, 5) is 40.2. The molecule has 0 atom stereocenters. The highest BCUT2D eigenvalue weighted by Gasteiger charge is 2.33. The van der Waals surface area contributed by atoms with Crippen molar-refractivity contribution in [3.8, 4) is 5.88 Å². The molecule has 0 radical (unpaired) electrons. The van der Waals surface area contributed by atoms with E-state index in [-0.39, 0.29) is 17.1 Å². The fraction of sp³-hybridized carbons (Fsp3) is 0.476. The molecular formula is C21H26N2O5S. The molecule has 0 unspecified atom stereocenters. The number of hydrogen-bond acceptors (Lipinski definition) is 7. The Bertz CT molecular complexity index is 949. The largest absolute Gasteiger partial charge is 0.407 e. The number of carbonyl (C=O) groups is 2. The molecule has 3 rings (SSSR count). The second kappa shape index (κ2) is 8.90. The lowest BCUT2D eigenvalue weighted by Gasteiger charge is -2.35. The maximum Gasteiger partial charge on any atom is 0.309 e. The van der Waals surface area contributed by atoms with Gasteiger partial charge in [-0.3, -0.25) is 9.59 Å². The fourth-order valence-corrected chi connectivity index (χ4v) is 5.48. The van der Waals surface area contributed by atoms with Crippen LogP contribution in [0.15, 0.2) is 17.2 Å². The number of nitrogens with zero attached hydrogens (tertiary/aromatic N) is 2. The molecule has 7 nitrogen and oxygen atoms in total. The van der Waals surface area contributed by atoms with Crippen molar-refractivity contribution in [2.75, 3.05) is 5.75 Å². The van der Waals surface area contributed by atoms with Crippen LogP contribution in [-0.4, -0.2) is 27.3 Å². The van der Waals surface area contributed by atoms with Crippen LogP contribution >= 0.6 is 11.8 Å². The molecule has 0 fully saturated rings. The Balaban J connectivity index is 0.00000145. The molecule has 1 aliphatic heterocycles. The van der Waals surface area contributed by atoms with E-state index in [0.29, 0.717) is 17.7 Å². The Hall–Kier alpha value is -2.48. The molecule has 0 bridgehead atoms. The minimum absolute atomic E-state index is 0.0258. The monoisotopic (exact) mass is 418 g/mol. The van der Waals surface area contributed by atoms with Crippen LogP contribution < -0.4 is 4.74 Å². The molecule has 8 heteroatoms. The van der Waals surface area contributed by atoms with Crippen molar-refractivity contribution in [1.82, 2.24) is 9.78 Å². The van der Waals surface area contributed by atoms with Crippen LogP contribution in [0.25, 0.3) is 0 Å². The van der Waals surface area contributed by atoms with Gasteiger partial charge in [0.15, 0.2) is 5.78 Å². The topological polar surface area (TPSA) is 95.3 Å². The Labute approximate surface area is 174 Å². The van der Waals surface area contributed by atoms with Crippen molar-refractivity contribution < 1.29 is 14.3 Å². The predicted octanol–water partition coefficient (Wildman–Crippen LogP) is 4.52. The predicted molar refractivity (Wildman–Crippen MR) is 114 cm³/mol. The van der Waals surface area contributed by atoms with E-state index < -0.39 is 5.97 Å². The van der Waals surface area contributed by atoms with Crippen molar-refractivity contribution in [1.29, 1.82) is 0 Å².